The number of nitrogens with zero attached hydrogens (tertiary/aromatic N) is 3. The number of hydrogen-bond acceptors (Lipinski definition) is 3. The summed E-state index contributed by atoms with van der Waals surface area (Å²) in [4.78, 5) is 4.63. The number of hydrogen-bond donors (Lipinski definition) is 1. The molecule has 0 amide bonds. The molecule has 2 heterocycles. The van der Waals surface area contributed by atoms with E-state index < -0.39 is 0 Å². The van der Waals surface area contributed by atoms with Gasteiger partial charge >= 0.3 is 0 Å². The first-order valence-corrected chi connectivity index (χ1v) is 6.85. The molecule has 0 bridgehead atoms. The number of aryl methyl sites for hydroxylation is 1. The fourth-order valence-corrected chi connectivity index (χ4v) is 1.92. The van der Waals surface area contributed by atoms with Gasteiger partial charge in [0.15, 0.2) is 5.82 Å². The third-order valence-electron chi connectivity index (χ3n) is 3.18. The van der Waals surface area contributed by atoms with Crippen LogP contribution >= 0.6 is 0 Å². The summed E-state index contributed by atoms with van der Waals surface area (Å²) in [5.74, 6) is 1.32. The van der Waals surface area contributed by atoms with E-state index in [1.165, 1.54) is 5.56 Å². The molecule has 4 heteroatoms. The molecule has 0 saturated carbocycles. The lowest BCUT2D eigenvalue weighted by Crippen LogP contribution is -2.13. The molecule has 0 aliphatic heterocycles. The Labute approximate surface area is 114 Å². The summed E-state index contributed by atoms with van der Waals surface area (Å²) in [7, 11) is 0. The summed E-state index contributed by atoms with van der Waals surface area (Å²) in [6, 6.07) is 6.20. The lowest BCUT2D eigenvalue weighted by Gasteiger charge is -2.08. The molecule has 0 unspecified atom stereocenters. The predicted molar refractivity (Wildman–Crippen MR) is 77.6 cm³/mol. The minimum atomic E-state index is 0.440. The molecule has 2 aromatic rings. The highest BCUT2D eigenvalue weighted by Gasteiger charge is 2.07. The van der Waals surface area contributed by atoms with Crippen molar-refractivity contribution >= 4 is 0 Å². The zero-order chi connectivity index (χ0) is 13.8. The third-order valence-corrected chi connectivity index (χ3v) is 3.18. The van der Waals surface area contributed by atoms with Gasteiger partial charge in [0.05, 0.1) is 5.69 Å². The Balaban J connectivity index is 2.23. The van der Waals surface area contributed by atoms with Crippen LogP contribution in [-0.2, 0) is 6.54 Å². The standard InChI is InChI=1S/C15H22N4/c1-5-16-10-13-6-7-15(17-12(13)4)19-9-8-14(18-19)11(2)3/h6-9,11,16H,5,10H2,1-4H3. The summed E-state index contributed by atoms with van der Waals surface area (Å²) in [5.41, 5.74) is 3.39. The molecule has 0 aromatic carbocycles. The Morgan fingerprint density at radius 2 is 2.05 bits per heavy atom. The average molecular weight is 258 g/mol. The fourth-order valence-electron chi connectivity index (χ4n) is 1.92. The van der Waals surface area contributed by atoms with Gasteiger partial charge in [-0.2, -0.15) is 5.10 Å². The van der Waals surface area contributed by atoms with Crippen LogP contribution in [0.3, 0.4) is 0 Å². The maximum Gasteiger partial charge on any atom is 0.153 e. The topological polar surface area (TPSA) is 42.7 Å². The van der Waals surface area contributed by atoms with E-state index in [1.807, 2.05) is 29.9 Å². The minimum absolute atomic E-state index is 0.440. The van der Waals surface area contributed by atoms with Crippen molar-refractivity contribution in [1.82, 2.24) is 20.1 Å². The Bertz CT molecular complexity index is 543. The zero-order valence-corrected chi connectivity index (χ0v) is 12.1. The first-order chi connectivity index (χ1) is 9.11. The second-order valence-corrected chi connectivity index (χ2v) is 5.03. The van der Waals surface area contributed by atoms with Gasteiger partial charge in [-0.25, -0.2) is 9.67 Å². The highest BCUT2D eigenvalue weighted by atomic mass is 15.3. The Kier molecular flexibility index (Phi) is 4.32. The van der Waals surface area contributed by atoms with Gasteiger partial charge in [0.1, 0.15) is 0 Å². The van der Waals surface area contributed by atoms with Gasteiger partial charge in [-0.05, 0) is 37.1 Å². The number of rotatable bonds is 5. The lowest BCUT2D eigenvalue weighted by atomic mass is 10.1. The van der Waals surface area contributed by atoms with Gasteiger partial charge in [0.2, 0.25) is 0 Å². The van der Waals surface area contributed by atoms with E-state index >= 15 is 0 Å². The fraction of sp³-hybridized carbons (Fsp3) is 0.467. The molecule has 0 radical (unpaired) electrons. The van der Waals surface area contributed by atoms with E-state index in [0.29, 0.717) is 5.92 Å². The molecular formula is C15H22N4. The molecule has 2 aromatic heterocycles. The van der Waals surface area contributed by atoms with Crippen molar-refractivity contribution in [3.8, 4) is 5.82 Å². The van der Waals surface area contributed by atoms with Crippen LogP contribution in [0.2, 0.25) is 0 Å². The lowest BCUT2D eigenvalue weighted by molar-refractivity contribution is 0.715. The summed E-state index contributed by atoms with van der Waals surface area (Å²) in [6.45, 7) is 10.3. The van der Waals surface area contributed by atoms with Gasteiger partial charge in [-0.15, -0.1) is 0 Å². The second-order valence-electron chi connectivity index (χ2n) is 5.03. The van der Waals surface area contributed by atoms with Crippen molar-refractivity contribution in [1.29, 1.82) is 0 Å². The Morgan fingerprint density at radius 3 is 2.63 bits per heavy atom. The number of aromatic nitrogens is 3. The van der Waals surface area contributed by atoms with Crippen molar-refractivity contribution in [2.24, 2.45) is 0 Å². The molecule has 0 saturated heterocycles. The molecule has 4 nitrogen and oxygen atoms in total. The molecule has 19 heavy (non-hydrogen) atoms. The van der Waals surface area contributed by atoms with Crippen molar-refractivity contribution in [3.63, 3.8) is 0 Å². The van der Waals surface area contributed by atoms with Crippen LogP contribution < -0.4 is 5.32 Å². The second kappa shape index (κ2) is 5.97. The molecule has 0 spiro atoms. The molecule has 0 aliphatic carbocycles. The van der Waals surface area contributed by atoms with Crippen LogP contribution in [-0.4, -0.2) is 21.3 Å². The van der Waals surface area contributed by atoms with Crippen LogP contribution in [0.1, 0.15) is 43.6 Å². The quantitative estimate of drug-likeness (QED) is 0.896. The maximum absolute atomic E-state index is 4.63. The van der Waals surface area contributed by atoms with Crippen molar-refractivity contribution in [3.05, 3.63) is 41.3 Å². The van der Waals surface area contributed by atoms with Gasteiger partial charge in [-0.3, -0.25) is 0 Å². The molecule has 102 valence electrons. The molecule has 0 aliphatic rings. The van der Waals surface area contributed by atoms with E-state index in [9.17, 15) is 0 Å². The van der Waals surface area contributed by atoms with E-state index in [0.717, 1.165) is 30.3 Å². The van der Waals surface area contributed by atoms with Gasteiger partial charge in [0.25, 0.3) is 0 Å². The van der Waals surface area contributed by atoms with E-state index in [2.05, 4.69) is 42.2 Å². The molecule has 0 fully saturated rings. The van der Waals surface area contributed by atoms with Crippen LogP contribution in [0.25, 0.3) is 5.82 Å². The number of nitrogens with one attached hydrogen (secondary N) is 1. The molecule has 0 atom stereocenters. The third kappa shape index (κ3) is 3.20. The summed E-state index contributed by atoms with van der Waals surface area (Å²) in [5, 5.41) is 7.87. The van der Waals surface area contributed by atoms with Gasteiger partial charge in [-0.1, -0.05) is 26.8 Å². The predicted octanol–water partition coefficient (Wildman–Crippen LogP) is 2.81. The smallest absolute Gasteiger partial charge is 0.153 e. The van der Waals surface area contributed by atoms with Crippen LogP contribution in [0.5, 0.6) is 0 Å². The molecule has 1 N–H and O–H groups in total. The summed E-state index contributed by atoms with van der Waals surface area (Å²) in [6.07, 6.45) is 1.97. The van der Waals surface area contributed by atoms with Crippen molar-refractivity contribution in [2.75, 3.05) is 6.54 Å². The minimum Gasteiger partial charge on any atom is -0.313 e. The number of pyridine rings is 1. The zero-order valence-electron chi connectivity index (χ0n) is 12.1. The molecule has 2 rings (SSSR count). The Hall–Kier alpha value is -1.68. The summed E-state index contributed by atoms with van der Waals surface area (Å²) >= 11 is 0. The highest BCUT2D eigenvalue weighted by molar-refractivity contribution is 5.30. The normalized spacial score (nSPS) is 11.2. The SMILES string of the molecule is CCNCc1ccc(-n2ccc(C(C)C)n2)nc1C. The van der Waals surface area contributed by atoms with Gasteiger partial charge in [0, 0.05) is 18.4 Å². The summed E-state index contributed by atoms with van der Waals surface area (Å²) < 4.78 is 1.85. The van der Waals surface area contributed by atoms with Crippen molar-refractivity contribution < 1.29 is 0 Å². The van der Waals surface area contributed by atoms with Gasteiger partial charge < -0.3 is 5.32 Å². The largest absolute Gasteiger partial charge is 0.313 e. The van der Waals surface area contributed by atoms with Crippen LogP contribution in [0, 0.1) is 6.92 Å². The highest BCUT2D eigenvalue weighted by Crippen LogP contribution is 2.14. The van der Waals surface area contributed by atoms with E-state index in [4.69, 9.17) is 0 Å². The first-order valence-electron chi connectivity index (χ1n) is 6.85. The van der Waals surface area contributed by atoms with Crippen LogP contribution in [0.4, 0.5) is 0 Å². The van der Waals surface area contributed by atoms with Crippen molar-refractivity contribution in [2.45, 2.75) is 40.2 Å². The van der Waals surface area contributed by atoms with E-state index in [1.54, 1.807) is 0 Å². The monoisotopic (exact) mass is 258 g/mol. The Morgan fingerprint density at radius 1 is 1.26 bits per heavy atom. The first kappa shape index (κ1) is 13.7. The van der Waals surface area contributed by atoms with Crippen LogP contribution in [0.15, 0.2) is 24.4 Å². The molecular weight excluding hydrogens is 236 g/mol. The maximum atomic E-state index is 4.63. The average Bonchev–Trinajstić information content (AvgIpc) is 2.87. The van der Waals surface area contributed by atoms with E-state index in [-0.39, 0.29) is 0 Å².